The zero-order chi connectivity index (χ0) is 14.0. The Morgan fingerprint density at radius 3 is 2.68 bits per heavy atom. The van der Waals surface area contributed by atoms with Gasteiger partial charge < -0.3 is 5.32 Å². The predicted octanol–water partition coefficient (Wildman–Crippen LogP) is 2.90. The van der Waals surface area contributed by atoms with Crippen molar-refractivity contribution in [3.05, 3.63) is 16.5 Å². The maximum atomic E-state index is 6.13. The Morgan fingerprint density at radius 2 is 2.11 bits per heavy atom. The Hall–Kier alpha value is -0.870. The van der Waals surface area contributed by atoms with Crippen molar-refractivity contribution >= 4 is 17.4 Å². The fraction of sp³-hybridized carbons (Fsp3) is 0.714. The van der Waals surface area contributed by atoms with Crippen LogP contribution in [0.2, 0.25) is 5.15 Å². The second-order valence-corrected chi connectivity index (χ2v) is 5.74. The molecule has 1 atom stereocenters. The van der Waals surface area contributed by atoms with Gasteiger partial charge in [0.05, 0.1) is 0 Å². The molecule has 1 aromatic rings. The molecule has 0 aliphatic heterocycles. The van der Waals surface area contributed by atoms with Crippen molar-refractivity contribution in [2.45, 2.75) is 52.1 Å². The van der Waals surface area contributed by atoms with Gasteiger partial charge in [0, 0.05) is 30.6 Å². The third kappa shape index (κ3) is 3.57. The summed E-state index contributed by atoms with van der Waals surface area (Å²) in [6, 6.07) is 1.27. The van der Waals surface area contributed by atoms with E-state index >= 15 is 0 Å². The molecule has 1 unspecified atom stereocenters. The summed E-state index contributed by atoms with van der Waals surface area (Å²) in [5.74, 6) is 1.66. The van der Waals surface area contributed by atoms with Crippen LogP contribution in [0.25, 0.3) is 0 Å². The molecule has 1 fully saturated rings. The molecule has 1 aromatic heterocycles. The Balaban J connectivity index is 2.00. The number of rotatable bonds is 6. The van der Waals surface area contributed by atoms with Crippen molar-refractivity contribution in [3.8, 4) is 0 Å². The van der Waals surface area contributed by atoms with Crippen molar-refractivity contribution in [1.29, 1.82) is 0 Å². The summed E-state index contributed by atoms with van der Waals surface area (Å²) in [6.07, 6.45) is 3.46. The van der Waals surface area contributed by atoms with Crippen LogP contribution in [0.1, 0.15) is 38.1 Å². The molecule has 19 heavy (non-hydrogen) atoms. The number of anilines is 1. The van der Waals surface area contributed by atoms with E-state index in [9.17, 15) is 0 Å². The van der Waals surface area contributed by atoms with Gasteiger partial charge in [-0.15, -0.1) is 0 Å². The maximum absolute atomic E-state index is 6.13. The van der Waals surface area contributed by atoms with E-state index in [1.165, 1.54) is 12.8 Å². The zero-order valence-electron chi connectivity index (χ0n) is 12.2. The largest absolute Gasteiger partial charge is 0.368 e. The lowest BCUT2D eigenvalue weighted by atomic mass is 10.2. The molecule has 0 spiro atoms. The van der Waals surface area contributed by atoms with Crippen molar-refractivity contribution in [1.82, 2.24) is 14.9 Å². The maximum Gasteiger partial charge on any atom is 0.137 e. The van der Waals surface area contributed by atoms with Crippen molar-refractivity contribution < 1.29 is 0 Å². The minimum atomic E-state index is 0.491. The summed E-state index contributed by atoms with van der Waals surface area (Å²) < 4.78 is 0. The van der Waals surface area contributed by atoms with Gasteiger partial charge in [0.2, 0.25) is 0 Å². The fourth-order valence-electron chi connectivity index (χ4n) is 2.09. The van der Waals surface area contributed by atoms with Gasteiger partial charge in [-0.3, -0.25) is 4.90 Å². The topological polar surface area (TPSA) is 41.1 Å². The molecular weight excluding hydrogens is 260 g/mol. The van der Waals surface area contributed by atoms with E-state index in [4.69, 9.17) is 11.6 Å². The highest BCUT2D eigenvalue weighted by molar-refractivity contribution is 6.30. The molecule has 0 amide bonds. The van der Waals surface area contributed by atoms with E-state index < -0.39 is 0 Å². The van der Waals surface area contributed by atoms with E-state index in [1.807, 2.05) is 13.8 Å². The number of nitrogens with one attached hydrogen (secondary N) is 1. The highest BCUT2D eigenvalue weighted by atomic mass is 35.5. The van der Waals surface area contributed by atoms with E-state index in [2.05, 4.69) is 34.2 Å². The minimum absolute atomic E-state index is 0.491. The van der Waals surface area contributed by atoms with Crippen molar-refractivity contribution in [3.63, 3.8) is 0 Å². The van der Waals surface area contributed by atoms with Crippen LogP contribution in [0.15, 0.2) is 0 Å². The second kappa shape index (κ2) is 6.06. The van der Waals surface area contributed by atoms with Gasteiger partial charge in [-0.05, 0) is 33.7 Å². The lowest BCUT2D eigenvalue weighted by Crippen LogP contribution is -2.36. The van der Waals surface area contributed by atoms with Crippen LogP contribution in [0, 0.1) is 6.92 Å². The molecule has 5 heteroatoms. The predicted molar refractivity (Wildman–Crippen MR) is 79.9 cm³/mol. The highest BCUT2D eigenvalue weighted by Gasteiger charge is 2.29. The first-order chi connectivity index (χ1) is 9.02. The monoisotopic (exact) mass is 282 g/mol. The molecule has 0 radical (unpaired) electrons. The number of aromatic nitrogens is 2. The molecular formula is C14H23ClN4. The molecule has 4 nitrogen and oxygen atoms in total. The minimum Gasteiger partial charge on any atom is -0.368 e. The molecule has 1 N–H and O–H groups in total. The average Bonchev–Trinajstić information content (AvgIpc) is 3.23. The molecule has 1 aliphatic carbocycles. The van der Waals surface area contributed by atoms with Crippen molar-refractivity contribution in [2.24, 2.45) is 0 Å². The van der Waals surface area contributed by atoms with Crippen LogP contribution >= 0.6 is 11.6 Å². The van der Waals surface area contributed by atoms with Crippen LogP contribution in [0.5, 0.6) is 0 Å². The van der Waals surface area contributed by atoms with E-state index in [0.717, 1.165) is 36.2 Å². The Morgan fingerprint density at radius 1 is 1.42 bits per heavy atom. The van der Waals surface area contributed by atoms with E-state index in [0.29, 0.717) is 11.2 Å². The second-order valence-electron chi connectivity index (χ2n) is 5.38. The number of likely N-dealkylation sites (N-methyl/N-ethyl adjacent to an activating group) is 1. The lowest BCUT2D eigenvalue weighted by molar-refractivity contribution is 0.257. The van der Waals surface area contributed by atoms with Crippen molar-refractivity contribution in [2.75, 3.05) is 18.9 Å². The van der Waals surface area contributed by atoms with Crippen LogP contribution in [-0.2, 0) is 6.42 Å². The number of hydrogen-bond acceptors (Lipinski definition) is 4. The van der Waals surface area contributed by atoms with Gasteiger partial charge in [-0.1, -0.05) is 18.5 Å². The standard InChI is InChI=1S/C14H23ClN4/c1-5-12-17-13(15)10(3)14(18-12)16-8-9(2)19(4)11-6-7-11/h9,11H,5-8H2,1-4H3,(H,16,17,18). The SMILES string of the molecule is CCc1nc(Cl)c(C)c(NCC(C)N(C)C2CC2)n1. The zero-order valence-corrected chi connectivity index (χ0v) is 13.0. The third-order valence-corrected chi connectivity index (χ3v) is 4.20. The number of nitrogens with zero attached hydrogens (tertiary/aromatic N) is 3. The summed E-state index contributed by atoms with van der Waals surface area (Å²) in [7, 11) is 2.20. The summed E-state index contributed by atoms with van der Waals surface area (Å²) in [5, 5.41) is 3.97. The first-order valence-corrected chi connectivity index (χ1v) is 7.39. The van der Waals surface area contributed by atoms with Crippen LogP contribution in [0.4, 0.5) is 5.82 Å². The Kier molecular flexibility index (Phi) is 4.63. The van der Waals surface area contributed by atoms with Gasteiger partial charge in [-0.2, -0.15) is 0 Å². The first kappa shape index (κ1) is 14.5. The number of hydrogen-bond donors (Lipinski definition) is 1. The molecule has 1 aliphatic rings. The molecule has 106 valence electrons. The molecule has 1 saturated carbocycles. The number of aryl methyl sites for hydroxylation is 1. The smallest absolute Gasteiger partial charge is 0.137 e. The summed E-state index contributed by atoms with van der Waals surface area (Å²) in [5.41, 5.74) is 0.931. The first-order valence-electron chi connectivity index (χ1n) is 7.01. The van der Waals surface area contributed by atoms with Crippen LogP contribution in [-0.4, -0.2) is 40.5 Å². The lowest BCUT2D eigenvalue weighted by Gasteiger charge is -2.25. The quantitative estimate of drug-likeness (QED) is 0.815. The Labute approximate surface area is 120 Å². The van der Waals surface area contributed by atoms with Crippen LogP contribution in [0.3, 0.4) is 0 Å². The van der Waals surface area contributed by atoms with E-state index in [1.54, 1.807) is 0 Å². The van der Waals surface area contributed by atoms with Gasteiger partial charge in [-0.25, -0.2) is 9.97 Å². The van der Waals surface area contributed by atoms with Gasteiger partial charge in [0.1, 0.15) is 16.8 Å². The Bertz CT molecular complexity index is 445. The highest BCUT2D eigenvalue weighted by Crippen LogP contribution is 2.27. The summed E-state index contributed by atoms with van der Waals surface area (Å²) >= 11 is 6.13. The molecule has 0 aromatic carbocycles. The molecule has 0 bridgehead atoms. The van der Waals surface area contributed by atoms with Gasteiger partial charge >= 0.3 is 0 Å². The molecule has 1 heterocycles. The molecule has 2 rings (SSSR count). The summed E-state index contributed by atoms with van der Waals surface area (Å²) in [6.45, 7) is 7.11. The van der Waals surface area contributed by atoms with Crippen LogP contribution < -0.4 is 5.32 Å². The fourth-order valence-corrected chi connectivity index (χ4v) is 2.28. The normalized spacial score (nSPS) is 16.7. The summed E-state index contributed by atoms with van der Waals surface area (Å²) in [4.78, 5) is 11.2. The van der Waals surface area contributed by atoms with Gasteiger partial charge in [0.25, 0.3) is 0 Å². The molecule has 0 saturated heterocycles. The number of halogens is 1. The third-order valence-electron chi connectivity index (χ3n) is 3.83. The average molecular weight is 283 g/mol. The van der Waals surface area contributed by atoms with Gasteiger partial charge in [0.15, 0.2) is 0 Å². The van der Waals surface area contributed by atoms with E-state index in [-0.39, 0.29) is 0 Å².